The van der Waals surface area contributed by atoms with Crippen LogP contribution < -0.4 is 10.6 Å². The van der Waals surface area contributed by atoms with Gasteiger partial charge in [-0.05, 0) is 77.0 Å². The van der Waals surface area contributed by atoms with Gasteiger partial charge in [0.25, 0.3) is 0 Å². The number of benzene rings is 1. The van der Waals surface area contributed by atoms with Gasteiger partial charge in [-0.3, -0.25) is 0 Å². The van der Waals surface area contributed by atoms with E-state index in [-0.39, 0.29) is 11.9 Å². The van der Waals surface area contributed by atoms with Crippen LogP contribution in [-0.2, 0) is 4.74 Å². The second kappa shape index (κ2) is 8.38. The molecule has 3 rings (SSSR count). The molecule has 2 fully saturated rings. The number of aliphatic hydroxyl groups is 1. The number of carbonyl (C=O) groups excluding carboxylic acids is 1. The molecule has 2 aliphatic heterocycles. The van der Waals surface area contributed by atoms with Gasteiger partial charge < -0.3 is 25.4 Å². The number of hydrogen-bond acceptors (Lipinski definition) is 5. The molecule has 1 aromatic rings. The Labute approximate surface area is 172 Å². The van der Waals surface area contributed by atoms with Crippen LogP contribution in [0.4, 0.5) is 20.6 Å². The number of nitrogens with two attached hydrogens (primary N) is 1. The number of amides is 1. The Morgan fingerprint density at radius 2 is 1.86 bits per heavy atom. The zero-order chi connectivity index (χ0) is 21.2. The van der Waals surface area contributed by atoms with Crippen LogP contribution in [0.3, 0.4) is 0 Å². The van der Waals surface area contributed by atoms with Gasteiger partial charge in [0, 0.05) is 31.9 Å². The van der Waals surface area contributed by atoms with Gasteiger partial charge in [-0.15, -0.1) is 0 Å². The van der Waals surface area contributed by atoms with Gasteiger partial charge in [0.1, 0.15) is 11.4 Å². The van der Waals surface area contributed by atoms with E-state index in [1.54, 1.807) is 17.0 Å². The average molecular weight is 408 g/mol. The highest BCUT2D eigenvalue weighted by atomic mass is 19.1. The number of rotatable bonds is 3. The Morgan fingerprint density at radius 3 is 2.41 bits per heavy atom. The first-order chi connectivity index (χ1) is 13.5. The maximum absolute atomic E-state index is 14.2. The third kappa shape index (κ3) is 5.75. The fraction of sp³-hybridized carbons (Fsp3) is 0.682. The fourth-order valence-corrected chi connectivity index (χ4v) is 4.33. The average Bonchev–Trinajstić information content (AvgIpc) is 2.61. The molecule has 0 saturated carbocycles. The van der Waals surface area contributed by atoms with Gasteiger partial charge in [0.05, 0.1) is 11.3 Å². The Balaban J connectivity index is 1.47. The number of nitrogens with zero attached hydrogens (tertiary/aromatic N) is 2. The Bertz CT molecular complexity index is 719. The summed E-state index contributed by atoms with van der Waals surface area (Å²) in [7, 11) is 0. The van der Waals surface area contributed by atoms with Gasteiger partial charge in [-0.2, -0.15) is 0 Å². The van der Waals surface area contributed by atoms with Crippen molar-refractivity contribution in [3.05, 3.63) is 24.0 Å². The molecule has 29 heavy (non-hydrogen) atoms. The van der Waals surface area contributed by atoms with Gasteiger partial charge >= 0.3 is 6.09 Å². The normalized spacial score (nSPS) is 20.6. The molecule has 0 radical (unpaired) electrons. The number of halogens is 1. The van der Waals surface area contributed by atoms with Crippen molar-refractivity contribution in [2.45, 2.75) is 64.1 Å². The van der Waals surface area contributed by atoms with E-state index in [4.69, 9.17) is 10.5 Å². The number of hydrogen-bond donors (Lipinski definition) is 2. The van der Waals surface area contributed by atoms with Crippen LogP contribution in [0, 0.1) is 11.7 Å². The molecule has 0 aromatic heterocycles. The predicted molar refractivity (Wildman–Crippen MR) is 112 cm³/mol. The molecule has 6 nitrogen and oxygen atoms in total. The summed E-state index contributed by atoms with van der Waals surface area (Å²) in [5, 5.41) is 11.0. The maximum atomic E-state index is 14.2. The van der Waals surface area contributed by atoms with Crippen LogP contribution in [0.5, 0.6) is 0 Å². The van der Waals surface area contributed by atoms with Crippen LogP contribution in [0.2, 0.25) is 0 Å². The molecule has 1 aromatic carbocycles. The summed E-state index contributed by atoms with van der Waals surface area (Å²) in [5.41, 5.74) is 5.42. The van der Waals surface area contributed by atoms with E-state index in [1.165, 1.54) is 6.07 Å². The number of ether oxygens (including phenoxy) is 1. The second-order valence-corrected chi connectivity index (χ2v) is 9.54. The smallest absolute Gasteiger partial charge is 0.410 e. The third-order valence-corrected chi connectivity index (χ3v) is 5.94. The monoisotopic (exact) mass is 407 g/mol. The largest absolute Gasteiger partial charge is 0.444 e. The van der Waals surface area contributed by atoms with Crippen molar-refractivity contribution < 1.29 is 19.0 Å². The molecular weight excluding hydrogens is 373 g/mol. The summed E-state index contributed by atoms with van der Waals surface area (Å²) in [6.07, 6.45) is 3.40. The van der Waals surface area contributed by atoms with E-state index in [2.05, 4.69) is 4.90 Å². The standard InChI is InChI=1S/C22H34FN3O3/c1-21(2,3)29-20(27)26-12-8-22(28,9-13-26)15-16-6-10-25(11-7-16)19-5-4-17(24)14-18(19)23/h4-5,14,16,28H,6-13,15,24H2,1-3H3. The molecule has 0 bridgehead atoms. The van der Waals surface area contributed by atoms with Crippen molar-refractivity contribution in [2.75, 3.05) is 36.8 Å². The van der Waals surface area contributed by atoms with Crippen LogP contribution in [0.15, 0.2) is 18.2 Å². The zero-order valence-electron chi connectivity index (χ0n) is 17.8. The zero-order valence-corrected chi connectivity index (χ0v) is 17.8. The summed E-state index contributed by atoms with van der Waals surface area (Å²) in [6, 6.07) is 4.83. The second-order valence-electron chi connectivity index (χ2n) is 9.54. The first-order valence-electron chi connectivity index (χ1n) is 10.5. The lowest BCUT2D eigenvalue weighted by atomic mass is 9.79. The molecule has 2 saturated heterocycles. The van der Waals surface area contributed by atoms with Gasteiger partial charge in [0.15, 0.2) is 0 Å². The lowest BCUT2D eigenvalue weighted by molar-refractivity contribution is -0.0468. The van der Waals surface area contributed by atoms with Crippen molar-refractivity contribution in [3.63, 3.8) is 0 Å². The van der Waals surface area contributed by atoms with E-state index in [1.807, 2.05) is 20.8 Å². The van der Waals surface area contributed by atoms with E-state index in [0.717, 1.165) is 32.4 Å². The molecule has 0 spiro atoms. The molecule has 7 heteroatoms. The first kappa shape index (κ1) is 21.7. The Hall–Kier alpha value is -2.02. The minimum atomic E-state index is -0.738. The highest BCUT2D eigenvalue weighted by Gasteiger charge is 2.37. The molecule has 2 heterocycles. The lowest BCUT2D eigenvalue weighted by Gasteiger charge is -2.42. The summed E-state index contributed by atoms with van der Waals surface area (Å²) in [6.45, 7) is 8.13. The van der Waals surface area contributed by atoms with Gasteiger partial charge in [-0.1, -0.05) is 0 Å². The summed E-state index contributed by atoms with van der Waals surface area (Å²) >= 11 is 0. The molecule has 162 valence electrons. The highest BCUT2D eigenvalue weighted by molar-refractivity contribution is 5.68. The number of piperidine rings is 2. The minimum absolute atomic E-state index is 0.281. The molecular formula is C22H34FN3O3. The van der Waals surface area contributed by atoms with Crippen LogP contribution in [0.25, 0.3) is 0 Å². The molecule has 0 unspecified atom stereocenters. The van der Waals surface area contributed by atoms with E-state index >= 15 is 0 Å². The van der Waals surface area contributed by atoms with Crippen molar-refractivity contribution in [2.24, 2.45) is 5.92 Å². The van der Waals surface area contributed by atoms with Crippen LogP contribution >= 0.6 is 0 Å². The Kier molecular flexibility index (Phi) is 6.27. The fourth-order valence-electron chi connectivity index (χ4n) is 4.33. The topological polar surface area (TPSA) is 79.0 Å². The molecule has 3 N–H and O–H groups in total. The quantitative estimate of drug-likeness (QED) is 0.746. The number of nitrogen functional groups attached to an aromatic ring is 1. The number of carbonyl (C=O) groups is 1. The third-order valence-electron chi connectivity index (χ3n) is 5.94. The molecule has 0 aliphatic carbocycles. The summed E-state index contributed by atoms with van der Waals surface area (Å²) in [5.74, 6) is 0.123. The molecule has 2 aliphatic rings. The van der Waals surface area contributed by atoms with Crippen molar-refractivity contribution in [1.29, 1.82) is 0 Å². The van der Waals surface area contributed by atoms with Crippen LogP contribution in [0.1, 0.15) is 52.9 Å². The van der Waals surface area contributed by atoms with E-state index < -0.39 is 11.2 Å². The van der Waals surface area contributed by atoms with Gasteiger partial charge in [0.2, 0.25) is 0 Å². The summed E-state index contributed by atoms with van der Waals surface area (Å²) < 4.78 is 19.6. The van der Waals surface area contributed by atoms with E-state index in [9.17, 15) is 14.3 Å². The number of likely N-dealkylation sites (tertiary alicyclic amines) is 1. The van der Waals surface area contributed by atoms with Crippen molar-refractivity contribution >= 4 is 17.5 Å². The molecule has 0 atom stereocenters. The first-order valence-corrected chi connectivity index (χ1v) is 10.5. The predicted octanol–water partition coefficient (Wildman–Crippen LogP) is 3.78. The maximum Gasteiger partial charge on any atom is 0.410 e. The van der Waals surface area contributed by atoms with Crippen molar-refractivity contribution in [3.8, 4) is 0 Å². The lowest BCUT2D eigenvalue weighted by Crippen LogP contribution is -2.49. The molecule has 1 amide bonds. The Morgan fingerprint density at radius 1 is 1.24 bits per heavy atom. The highest BCUT2D eigenvalue weighted by Crippen LogP contribution is 2.35. The summed E-state index contributed by atoms with van der Waals surface area (Å²) in [4.78, 5) is 16.0. The van der Waals surface area contributed by atoms with E-state index in [0.29, 0.717) is 43.2 Å². The van der Waals surface area contributed by atoms with Gasteiger partial charge in [-0.25, -0.2) is 9.18 Å². The van der Waals surface area contributed by atoms with Crippen molar-refractivity contribution in [1.82, 2.24) is 4.90 Å². The SMILES string of the molecule is CC(C)(C)OC(=O)N1CCC(O)(CC2CCN(c3ccc(N)cc3F)CC2)CC1. The number of anilines is 2. The minimum Gasteiger partial charge on any atom is -0.444 e. The van der Waals surface area contributed by atoms with Crippen LogP contribution in [-0.4, -0.2) is 53.5 Å².